The Bertz CT molecular complexity index is 91.6. The van der Waals surface area contributed by atoms with Crippen LogP contribution in [0, 0.1) is 0 Å². The van der Waals surface area contributed by atoms with Crippen molar-refractivity contribution < 1.29 is 4.43 Å². The number of rotatable bonds is 6. The van der Waals surface area contributed by atoms with E-state index in [-0.39, 0.29) is 9.76 Å². The Balaban J connectivity index is 3.23. The van der Waals surface area contributed by atoms with E-state index in [1.165, 1.54) is 19.3 Å². The van der Waals surface area contributed by atoms with Crippen LogP contribution in [0.1, 0.15) is 47.0 Å². The molecule has 0 aromatic rings. The lowest BCUT2D eigenvalue weighted by Gasteiger charge is -2.21. The van der Waals surface area contributed by atoms with Gasteiger partial charge in [-0.25, -0.2) is 0 Å². The lowest BCUT2D eigenvalue weighted by atomic mass is 10.1. The molecule has 0 saturated carbocycles. The van der Waals surface area contributed by atoms with Gasteiger partial charge in [0.25, 0.3) is 0 Å². The molecule has 11 heavy (non-hydrogen) atoms. The zero-order valence-electron chi connectivity index (χ0n) is 8.44. The second-order valence-electron chi connectivity index (χ2n) is 3.92. The normalized spacial score (nSPS) is 13.1. The largest absolute Gasteiger partial charge is 0.423 e. The van der Waals surface area contributed by atoms with E-state index in [9.17, 15) is 0 Å². The molecule has 0 spiro atoms. The highest BCUT2D eigenvalue weighted by Gasteiger charge is 2.15. The number of hydrogen-bond donors (Lipinski definition) is 0. The molecule has 0 rings (SSSR count). The van der Waals surface area contributed by atoms with Gasteiger partial charge in [-0.2, -0.15) is 0 Å². The summed E-state index contributed by atoms with van der Waals surface area (Å²) in [6, 6.07) is 0. The predicted octanol–water partition coefficient (Wildman–Crippen LogP) is 2.50. The molecule has 0 fully saturated rings. The minimum Gasteiger partial charge on any atom is -0.423 e. The Morgan fingerprint density at radius 2 is 1.91 bits per heavy atom. The summed E-state index contributed by atoms with van der Waals surface area (Å²) >= 11 is 0. The van der Waals surface area contributed by atoms with Crippen LogP contribution in [0.15, 0.2) is 0 Å². The quantitative estimate of drug-likeness (QED) is 0.444. The van der Waals surface area contributed by atoms with E-state index >= 15 is 0 Å². The molecule has 0 aromatic carbocycles. The molecule has 2 heteroatoms. The molecule has 68 valence electrons. The molecule has 0 radical (unpaired) electrons. The van der Waals surface area contributed by atoms with Crippen molar-refractivity contribution in [2.24, 2.45) is 0 Å². The van der Waals surface area contributed by atoms with Gasteiger partial charge in [0.1, 0.15) is 0 Å². The minimum atomic E-state index is -0.281. The SMILES string of the molecule is CCCCO[SiH2]C(C)(C)CC. The van der Waals surface area contributed by atoms with Crippen molar-refractivity contribution in [1.29, 1.82) is 0 Å². The van der Waals surface area contributed by atoms with Crippen LogP contribution < -0.4 is 0 Å². The van der Waals surface area contributed by atoms with Gasteiger partial charge in [-0.05, 0) is 11.5 Å². The highest BCUT2D eigenvalue weighted by molar-refractivity contribution is 6.31. The van der Waals surface area contributed by atoms with Crippen molar-refractivity contribution in [3.8, 4) is 0 Å². The first kappa shape index (κ1) is 11.2. The van der Waals surface area contributed by atoms with E-state index in [1.807, 2.05) is 0 Å². The summed E-state index contributed by atoms with van der Waals surface area (Å²) in [7, 11) is -0.281. The van der Waals surface area contributed by atoms with Crippen molar-refractivity contribution in [2.75, 3.05) is 6.61 Å². The lowest BCUT2D eigenvalue weighted by molar-refractivity contribution is 0.308. The average Bonchev–Trinajstić information content (AvgIpc) is 1.99. The number of hydrogen-bond acceptors (Lipinski definition) is 1. The van der Waals surface area contributed by atoms with Crippen molar-refractivity contribution in [3.63, 3.8) is 0 Å². The van der Waals surface area contributed by atoms with Crippen molar-refractivity contribution >= 4 is 9.76 Å². The summed E-state index contributed by atoms with van der Waals surface area (Å²) < 4.78 is 5.67. The lowest BCUT2D eigenvalue weighted by Crippen LogP contribution is -2.15. The summed E-state index contributed by atoms with van der Waals surface area (Å²) in [6.45, 7) is 10.1. The van der Waals surface area contributed by atoms with E-state index in [0.29, 0.717) is 5.04 Å². The molecule has 0 aliphatic carbocycles. The molecule has 0 N–H and O–H groups in total. The molecule has 0 saturated heterocycles. The average molecular weight is 174 g/mol. The molecule has 0 heterocycles. The van der Waals surface area contributed by atoms with Gasteiger partial charge in [-0.3, -0.25) is 0 Å². The molecule has 0 aliphatic heterocycles. The van der Waals surface area contributed by atoms with E-state index < -0.39 is 0 Å². The fraction of sp³-hybridized carbons (Fsp3) is 1.00. The Kier molecular flexibility index (Phi) is 5.87. The van der Waals surface area contributed by atoms with Gasteiger partial charge in [-0.1, -0.05) is 40.5 Å². The molecular formula is C9H22OSi. The van der Waals surface area contributed by atoms with E-state index in [1.54, 1.807) is 0 Å². The van der Waals surface area contributed by atoms with Gasteiger partial charge in [0.2, 0.25) is 0 Å². The smallest absolute Gasteiger partial charge is 0.167 e. The summed E-state index contributed by atoms with van der Waals surface area (Å²) in [6.07, 6.45) is 3.74. The molecule has 0 amide bonds. The van der Waals surface area contributed by atoms with Crippen LogP contribution in [-0.4, -0.2) is 16.4 Å². The molecule has 1 nitrogen and oxygen atoms in total. The summed E-state index contributed by atoms with van der Waals surface area (Å²) in [4.78, 5) is 0. The van der Waals surface area contributed by atoms with Crippen LogP contribution in [0.25, 0.3) is 0 Å². The highest BCUT2D eigenvalue weighted by atomic mass is 28.2. The van der Waals surface area contributed by atoms with Gasteiger partial charge in [0.15, 0.2) is 9.76 Å². The fourth-order valence-electron chi connectivity index (χ4n) is 0.697. The predicted molar refractivity (Wildman–Crippen MR) is 53.7 cm³/mol. The van der Waals surface area contributed by atoms with Crippen LogP contribution in [0.5, 0.6) is 0 Å². The first-order chi connectivity index (χ1) is 5.12. The van der Waals surface area contributed by atoms with Crippen molar-refractivity contribution in [2.45, 2.75) is 52.0 Å². The van der Waals surface area contributed by atoms with Crippen LogP contribution in [0.3, 0.4) is 0 Å². The van der Waals surface area contributed by atoms with Gasteiger partial charge in [-0.15, -0.1) is 0 Å². The zero-order valence-corrected chi connectivity index (χ0v) is 9.86. The second kappa shape index (κ2) is 5.78. The Morgan fingerprint density at radius 1 is 1.27 bits per heavy atom. The van der Waals surface area contributed by atoms with Crippen molar-refractivity contribution in [3.05, 3.63) is 0 Å². The Hall–Kier alpha value is 0.177. The van der Waals surface area contributed by atoms with E-state index in [4.69, 9.17) is 4.43 Å². The Morgan fingerprint density at radius 3 is 2.36 bits per heavy atom. The van der Waals surface area contributed by atoms with Crippen LogP contribution in [-0.2, 0) is 4.43 Å². The maximum Gasteiger partial charge on any atom is 0.167 e. The van der Waals surface area contributed by atoms with Gasteiger partial charge in [0.05, 0.1) is 0 Å². The fourth-order valence-corrected chi connectivity index (χ4v) is 1.80. The standard InChI is InChI=1S/C9H22OSi/c1-5-7-8-10-11-9(3,4)6-2/h5-8,11H2,1-4H3. The monoisotopic (exact) mass is 174 g/mol. The first-order valence-electron chi connectivity index (χ1n) is 4.70. The van der Waals surface area contributed by atoms with Crippen molar-refractivity contribution in [1.82, 2.24) is 0 Å². The first-order valence-corrected chi connectivity index (χ1v) is 5.98. The van der Waals surface area contributed by atoms with E-state index in [2.05, 4.69) is 27.7 Å². The highest BCUT2D eigenvalue weighted by Crippen LogP contribution is 2.26. The minimum absolute atomic E-state index is 0.281. The van der Waals surface area contributed by atoms with Crippen LogP contribution in [0.2, 0.25) is 5.04 Å². The summed E-state index contributed by atoms with van der Waals surface area (Å²) in [5, 5.41) is 0.508. The second-order valence-corrected chi connectivity index (χ2v) is 6.54. The molecule has 0 aromatic heterocycles. The maximum absolute atomic E-state index is 5.67. The third kappa shape index (κ3) is 6.57. The molecule has 0 atom stereocenters. The molecular weight excluding hydrogens is 152 g/mol. The van der Waals surface area contributed by atoms with Gasteiger partial charge < -0.3 is 4.43 Å². The maximum atomic E-state index is 5.67. The molecule has 0 unspecified atom stereocenters. The molecule has 0 aliphatic rings. The molecule has 0 bridgehead atoms. The van der Waals surface area contributed by atoms with Gasteiger partial charge in [0, 0.05) is 6.61 Å². The zero-order chi connectivity index (χ0) is 8.74. The Labute approximate surface area is 73.5 Å². The number of unbranched alkanes of at least 4 members (excludes halogenated alkanes) is 1. The van der Waals surface area contributed by atoms with Gasteiger partial charge >= 0.3 is 0 Å². The van der Waals surface area contributed by atoms with E-state index in [0.717, 1.165) is 6.61 Å². The summed E-state index contributed by atoms with van der Waals surface area (Å²) in [5.74, 6) is 0. The third-order valence-electron chi connectivity index (χ3n) is 2.09. The topological polar surface area (TPSA) is 9.23 Å². The van der Waals surface area contributed by atoms with Crippen LogP contribution >= 0.6 is 0 Å². The summed E-state index contributed by atoms with van der Waals surface area (Å²) in [5.41, 5.74) is 0. The van der Waals surface area contributed by atoms with Crippen LogP contribution in [0.4, 0.5) is 0 Å². The third-order valence-corrected chi connectivity index (χ3v) is 3.87.